The standard InChI is InChI=1S/C20H12F2N4O/c21-15-3-4-18(25-11-15)26-20(27)17-8-13(14-7-16(22)10-23-9-14)6-12-2-1-5-24-19(12)17/h1-11H,(H,25,26,27). The van der Waals surface area contributed by atoms with Crippen molar-refractivity contribution in [3.63, 3.8) is 0 Å². The number of nitrogens with one attached hydrogen (secondary N) is 1. The molecule has 4 aromatic rings. The van der Waals surface area contributed by atoms with E-state index in [0.717, 1.165) is 17.8 Å². The Bertz CT molecular complexity index is 1150. The SMILES string of the molecule is O=C(Nc1ccc(F)cn1)c1cc(-c2cncc(F)c2)cc2cccnc12. The zero-order chi connectivity index (χ0) is 18.8. The number of anilines is 1. The number of pyridine rings is 3. The van der Waals surface area contributed by atoms with Gasteiger partial charge in [-0.1, -0.05) is 6.07 Å². The summed E-state index contributed by atoms with van der Waals surface area (Å²) in [6.07, 6.45) is 5.23. The first-order valence-corrected chi connectivity index (χ1v) is 8.03. The van der Waals surface area contributed by atoms with Gasteiger partial charge in [0.2, 0.25) is 0 Å². The number of carbonyl (C=O) groups is 1. The number of fused-ring (bicyclic) bond motifs is 1. The van der Waals surface area contributed by atoms with Gasteiger partial charge in [0.25, 0.3) is 5.91 Å². The topological polar surface area (TPSA) is 67.8 Å². The van der Waals surface area contributed by atoms with Gasteiger partial charge in [0.15, 0.2) is 0 Å². The monoisotopic (exact) mass is 362 g/mol. The molecule has 0 aliphatic carbocycles. The van der Waals surface area contributed by atoms with Crippen molar-refractivity contribution >= 4 is 22.6 Å². The van der Waals surface area contributed by atoms with Gasteiger partial charge in [0.05, 0.1) is 23.5 Å². The van der Waals surface area contributed by atoms with Crippen molar-refractivity contribution in [1.82, 2.24) is 15.0 Å². The molecule has 0 atom stereocenters. The number of rotatable bonds is 3. The first kappa shape index (κ1) is 16.7. The van der Waals surface area contributed by atoms with Gasteiger partial charge in [-0.25, -0.2) is 13.8 Å². The quantitative estimate of drug-likeness (QED) is 0.592. The van der Waals surface area contributed by atoms with Crippen LogP contribution in [0.5, 0.6) is 0 Å². The molecule has 4 rings (SSSR count). The molecule has 0 saturated carbocycles. The molecule has 1 amide bonds. The van der Waals surface area contributed by atoms with E-state index in [9.17, 15) is 13.6 Å². The minimum atomic E-state index is -0.499. The maximum atomic E-state index is 13.6. The smallest absolute Gasteiger partial charge is 0.259 e. The Balaban J connectivity index is 1.80. The van der Waals surface area contributed by atoms with Crippen molar-refractivity contribution in [2.45, 2.75) is 0 Å². The van der Waals surface area contributed by atoms with Crippen LogP contribution in [0.25, 0.3) is 22.0 Å². The molecule has 5 nitrogen and oxygen atoms in total. The normalized spacial score (nSPS) is 10.7. The van der Waals surface area contributed by atoms with Crippen molar-refractivity contribution in [2.24, 2.45) is 0 Å². The molecule has 132 valence electrons. The molecule has 0 fully saturated rings. The third-order valence-electron chi connectivity index (χ3n) is 3.96. The van der Waals surface area contributed by atoms with E-state index in [2.05, 4.69) is 20.3 Å². The van der Waals surface area contributed by atoms with Crippen molar-refractivity contribution in [3.8, 4) is 11.1 Å². The predicted molar refractivity (Wildman–Crippen MR) is 97.1 cm³/mol. The van der Waals surface area contributed by atoms with Gasteiger partial charge < -0.3 is 5.32 Å². The van der Waals surface area contributed by atoms with Crippen molar-refractivity contribution < 1.29 is 13.6 Å². The Hall–Kier alpha value is -3.74. The molecule has 0 radical (unpaired) electrons. The summed E-state index contributed by atoms with van der Waals surface area (Å²) in [5.41, 5.74) is 1.94. The Kier molecular flexibility index (Phi) is 4.25. The summed E-state index contributed by atoms with van der Waals surface area (Å²) in [6, 6.07) is 10.9. The number of benzene rings is 1. The van der Waals surface area contributed by atoms with Crippen molar-refractivity contribution in [3.05, 3.63) is 84.4 Å². The molecule has 1 N–H and O–H groups in total. The zero-order valence-electron chi connectivity index (χ0n) is 13.9. The number of carbonyl (C=O) groups excluding carboxylic acids is 1. The second-order valence-corrected chi connectivity index (χ2v) is 5.81. The van der Waals surface area contributed by atoms with E-state index < -0.39 is 17.5 Å². The Morgan fingerprint density at radius 1 is 0.889 bits per heavy atom. The first-order chi connectivity index (χ1) is 13.1. The van der Waals surface area contributed by atoms with Crippen LogP contribution in [0.2, 0.25) is 0 Å². The first-order valence-electron chi connectivity index (χ1n) is 8.03. The Labute approximate surface area is 152 Å². The predicted octanol–water partition coefficient (Wildman–Crippen LogP) is 4.22. The van der Waals surface area contributed by atoms with Crippen LogP contribution in [0.3, 0.4) is 0 Å². The highest BCUT2D eigenvalue weighted by Crippen LogP contribution is 2.27. The number of halogens is 2. The summed E-state index contributed by atoms with van der Waals surface area (Å²) in [5, 5.41) is 3.34. The van der Waals surface area contributed by atoms with E-state index in [-0.39, 0.29) is 5.82 Å². The number of aromatic nitrogens is 3. The lowest BCUT2D eigenvalue weighted by Gasteiger charge is -2.10. The summed E-state index contributed by atoms with van der Waals surface area (Å²) in [5.74, 6) is -1.21. The fourth-order valence-electron chi connectivity index (χ4n) is 2.74. The van der Waals surface area contributed by atoms with Crippen LogP contribution in [0.4, 0.5) is 14.6 Å². The highest BCUT2D eigenvalue weighted by molar-refractivity contribution is 6.12. The minimum Gasteiger partial charge on any atom is -0.306 e. The molecule has 3 heterocycles. The highest BCUT2D eigenvalue weighted by atomic mass is 19.1. The summed E-state index contributed by atoms with van der Waals surface area (Å²) in [6.45, 7) is 0. The molecule has 27 heavy (non-hydrogen) atoms. The Morgan fingerprint density at radius 3 is 2.56 bits per heavy atom. The second kappa shape index (κ2) is 6.87. The Morgan fingerprint density at radius 2 is 1.78 bits per heavy atom. The van der Waals surface area contributed by atoms with E-state index >= 15 is 0 Å². The van der Waals surface area contributed by atoms with Gasteiger partial charge in [-0.05, 0) is 42.0 Å². The number of hydrogen-bond donors (Lipinski definition) is 1. The number of nitrogens with zero attached hydrogens (tertiary/aromatic N) is 3. The van der Waals surface area contributed by atoms with Crippen molar-refractivity contribution in [1.29, 1.82) is 0 Å². The van der Waals surface area contributed by atoms with E-state index in [0.29, 0.717) is 22.2 Å². The highest BCUT2D eigenvalue weighted by Gasteiger charge is 2.15. The molecule has 0 aliphatic rings. The number of amides is 1. The van der Waals surface area contributed by atoms with Gasteiger partial charge in [-0.2, -0.15) is 0 Å². The molecular weight excluding hydrogens is 350 g/mol. The molecule has 0 aliphatic heterocycles. The van der Waals surface area contributed by atoms with Gasteiger partial charge in [0.1, 0.15) is 17.5 Å². The zero-order valence-corrected chi connectivity index (χ0v) is 13.9. The third kappa shape index (κ3) is 3.48. The molecule has 1 aromatic carbocycles. The van der Waals surface area contributed by atoms with E-state index in [4.69, 9.17) is 0 Å². The summed E-state index contributed by atoms with van der Waals surface area (Å²) in [7, 11) is 0. The van der Waals surface area contributed by atoms with E-state index in [1.54, 1.807) is 18.3 Å². The summed E-state index contributed by atoms with van der Waals surface area (Å²) < 4.78 is 26.6. The average Bonchev–Trinajstić information content (AvgIpc) is 2.69. The van der Waals surface area contributed by atoms with Crippen LogP contribution in [0, 0.1) is 11.6 Å². The second-order valence-electron chi connectivity index (χ2n) is 5.81. The van der Waals surface area contributed by atoms with Crippen LogP contribution >= 0.6 is 0 Å². The van der Waals surface area contributed by atoms with Crippen molar-refractivity contribution in [2.75, 3.05) is 5.32 Å². The maximum Gasteiger partial charge on any atom is 0.259 e. The maximum absolute atomic E-state index is 13.6. The van der Waals surface area contributed by atoms with Gasteiger partial charge in [-0.3, -0.25) is 14.8 Å². The van der Waals surface area contributed by atoms with Gasteiger partial charge >= 0.3 is 0 Å². The lowest BCUT2D eigenvalue weighted by molar-refractivity contribution is 0.102. The van der Waals surface area contributed by atoms with E-state index in [1.807, 2.05) is 12.1 Å². The summed E-state index contributed by atoms with van der Waals surface area (Å²) in [4.78, 5) is 24.8. The molecular formula is C20H12F2N4O. The largest absolute Gasteiger partial charge is 0.306 e. The lowest BCUT2D eigenvalue weighted by Crippen LogP contribution is -2.14. The molecule has 0 bridgehead atoms. The summed E-state index contributed by atoms with van der Waals surface area (Å²) >= 11 is 0. The number of hydrogen-bond acceptors (Lipinski definition) is 4. The van der Waals surface area contributed by atoms with Gasteiger partial charge in [0, 0.05) is 23.3 Å². The van der Waals surface area contributed by atoms with Crippen LogP contribution in [0.1, 0.15) is 10.4 Å². The minimum absolute atomic E-state index is 0.211. The third-order valence-corrected chi connectivity index (χ3v) is 3.96. The fourth-order valence-corrected chi connectivity index (χ4v) is 2.74. The fraction of sp³-hybridized carbons (Fsp3) is 0. The van der Waals surface area contributed by atoms with Crippen LogP contribution < -0.4 is 5.32 Å². The van der Waals surface area contributed by atoms with Crippen LogP contribution in [-0.4, -0.2) is 20.9 Å². The molecule has 0 saturated heterocycles. The average molecular weight is 362 g/mol. The van der Waals surface area contributed by atoms with Crippen LogP contribution in [0.15, 0.2) is 67.3 Å². The lowest BCUT2D eigenvalue weighted by atomic mass is 10.00. The van der Waals surface area contributed by atoms with E-state index in [1.165, 1.54) is 24.4 Å². The molecule has 0 unspecified atom stereocenters. The molecule has 0 spiro atoms. The van der Waals surface area contributed by atoms with Crippen LogP contribution in [-0.2, 0) is 0 Å². The molecule has 7 heteroatoms. The molecule has 3 aromatic heterocycles. The van der Waals surface area contributed by atoms with Gasteiger partial charge in [-0.15, -0.1) is 0 Å².